The zero-order valence-corrected chi connectivity index (χ0v) is 12.0. The van der Waals surface area contributed by atoms with E-state index >= 15 is 0 Å². The van der Waals surface area contributed by atoms with Crippen molar-refractivity contribution in [2.75, 3.05) is 5.32 Å². The number of hydrogen-bond donors (Lipinski definition) is 1. The molecule has 0 saturated carbocycles. The maximum Gasteiger partial charge on any atom is 0.271 e. The number of non-ortho nitro benzene ring substituents is 1. The molecule has 8 heteroatoms. The lowest BCUT2D eigenvalue weighted by atomic mass is 10.2. The normalized spacial score (nSPS) is 10.5. The van der Waals surface area contributed by atoms with Gasteiger partial charge >= 0.3 is 0 Å². The Morgan fingerprint density at radius 3 is 2.33 bits per heavy atom. The van der Waals surface area contributed by atoms with E-state index in [0.717, 1.165) is 12.1 Å². The zero-order chi connectivity index (χ0) is 15.6. The minimum atomic E-state index is -1.53. The average Bonchev–Trinajstić information content (AvgIpc) is 2.43. The molecule has 4 nitrogen and oxygen atoms in total. The van der Waals surface area contributed by atoms with Crippen LogP contribution in [0.5, 0.6) is 0 Å². The highest BCUT2D eigenvalue weighted by atomic mass is 79.9. The molecular weight excluding hydrogens is 353 g/mol. The summed E-state index contributed by atoms with van der Waals surface area (Å²) in [5, 5.41) is 13.5. The molecule has 0 aliphatic heterocycles. The molecule has 0 aliphatic carbocycles. The van der Waals surface area contributed by atoms with Gasteiger partial charge in [-0.1, -0.05) is 0 Å². The third-order valence-electron chi connectivity index (χ3n) is 2.69. The maximum atomic E-state index is 13.1. The summed E-state index contributed by atoms with van der Waals surface area (Å²) in [5.41, 5.74) is 0.427. The SMILES string of the molecule is O=[N+]([O-])c1ccc(Br)c(NCc2cc(F)c(F)c(F)c2)c1. The standard InChI is InChI=1S/C13H8BrF3N2O2/c14-9-2-1-8(19(20)21)5-12(9)18-6-7-3-10(15)13(17)11(16)4-7/h1-5,18H,6H2. The Kier molecular flexibility index (Phi) is 4.46. The third kappa shape index (κ3) is 3.52. The molecule has 0 unspecified atom stereocenters. The first-order valence-electron chi connectivity index (χ1n) is 5.69. The van der Waals surface area contributed by atoms with Crippen molar-refractivity contribution in [3.8, 4) is 0 Å². The molecule has 2 rings (SSSR count). The molecule has 0 fully saturated rings. The Morgan fingerprint density at radius 2 is 1.76 bits per heavy atom. The number of nitrogens with zero attached hydrogens (tertiary/aromatic N) is 1. The molecule has 0 aromatic heterocycles. The van der Waals surface area contributed by atoms with Crippen molar-refractivity contribution in [1.82, 2.24) is 0 Å². The van der Waals surface area contributed by atoms with Crippen LogP contribution in [0.2, 0.25) is 0 Å². The highest BCUT2D eigenvalue weighted by Crippen LogP contribution is 2.27. The van der Waals surface area contributed by atoms with Crippen molar-refractivity contribution in [2.24, 2.45) is 0 Å². The number of nitro benzene ring substituents is 1. The fourth-order valence-electron chi connectivity index (χ4n) is 1.67. The molecule has 2 aromatic carbocycles. The smallest absolute Gasteiger partial charge is 0.271 e. The quantitative estimate of drug-likeness (QED) is 0.499. The van der Waals surface area contributed by atoms with Crippen LogP contribution in [-0.2, 0) is 6.54 Å². The Morgan fingerprint density at radius 1 is 1.14 bits per heavy atom. The van der Waals surface area contributed by atoms with Crippen LogP contribution >= 0.6 is 15.9 Å². The van der Waals surface area contributed by atoms with Crippen molar-refractivity contribution in [3.63, 3.8) is 0 Å². The topological polar surface area (TPSA) is 55.2 Å². The lowest BCUT2D eigenvalue weighted by Gasteiger charge is -2.09. The van der Waals surface area contributed by atoms with Crippen molar-refractivity contribution < 1.29 is 18.1 Å². The van der Waals surface area contributed by atoms with E-state index in [0.29, 0.717) is 10.2 Å². The summed E-state index contributed by atoms with van der Waals surface area (Å²) >= 11 is 3.20. The van der Waals surface area contributed by atoms with E-state index in [4.69, 9.17) is 0 Å². The predicted octanol–water partition coefficient (Wildman–Crippen LogP) is 4.39. The Hall–Kier alpha value is -2.09. The van der Waals surface area contributed by atoms with Gasteiger partial charge in [-0.05, 0) is 39.7 Å². The highest BCUT2D eigenvalue weighted by Gasteiger charge is 2.12. The third-order valence-corrected chi connectivity index (χ3v) is 3.38. The van der Waals surface area contributed by atoms with Gasteiger partial charge in [-0.25, -0.2) is 13.2 Å². The summed E-state index contributed by atoms with van der Waals surface area (Å²) in [6.45, 7) is -0.0200. The minimum absolute atomic E-state index is 0.0200. The zero-order valence-electron chi connectivity index (χ0n) is 10.4. The van der Waals surface area contributed by atoms with Crippen LogP contribution in [0.3, 0.4) is 0 Å². The first kappa shape index (κ1) is 15.3. The molecule has 0 bridgehead atoms. The second-order valence-electron chi connectivity index (χ2n) is 4.15. The van der Waals surface area contributed by atoms with E-state index in [1.807, 2.05) is 0 Å². The second-order valence-corrected chi connectivity index (χ2v) is 5.00. The molecule has 21 heavy (non-hydrogen) atoms. The van der Waals surface area contributed by atoms with Crippen LogP contribution in [0, 0.1) is 27.6 Å². The first-order chi connectivity index (χ1) is 9.88. The molecular formula is C13H8BrF3N2O2. The monoisotopic (exact) mass is 360 g/mol. The largest absolute Gasteiger partial charge is 0.380 e. The molecule has 0 aliphatic rings. The first-order valence-corrected chi connectivity index (χ1v) is 6.49. The van der Waals surface area contributed by atoms with E-state index in [-0.39, 0.29) is 17.8 Å². The maximum absolute atomic E-state index is 13.1. The molecule has 0 amide bonds. The number of rotatable bonds is 4. The number of nitro groups is 1. The van der Waals surface area contributed by atoms with Gasteiger partial charge in [0.25, 0.3) is 5.69 Å². The fraction of sp³-hybridized carbons (Fsp3) is 0.0769. The average molecular weight is 361 g/mol. The Balaban J connectivity index is 2.20. The van der Waals surface area contributed by atoms with Gasteiger partial charge in [0, 0.05) is 23.2 Å². The molecule has 0 atom stereocenters. The summed E-state index contributed by atoms with van der Waals surface area (Å²) in [5.74, 6) is -4.11. The van der Waals surface area contributed by atoms with Gasteiger partial charge < -0.3 is 5.32 Å². The predicted molar refractivity (Wildman–Crippen MR) is 74.4 cm³/mol. The Bertz CT molecular complexity index is 687. The van der Waals surface area contributed by atoms with Crippen molar-refractivity contribution in [1.29, 1.82) is 0 Å². The lowest BCUT2D eigenvalue weighted by molar-refractivity contribution is -0.384. The van der Waals surface area contributed by atoms with Crippen molar-refractivity contribution in [3.05, 3.63) is 67.9 Å². The van der Waals surface area contributed by atoms with E-state index in [1.54, 1.807) is 0 Å². The molecule has 110 valence electrons. The van der Waals surface area contributed by atoms with Gasteiger partial charge in [-0.15, -0.1) is 0 Å². The van der Waals surface area contributed by atoms with Crippen LogP contribution in [-0.4, -0.2) is 4.92 Å². The van der Waals surface area contributed by atoms with E-state index in [1.165, 1.54) is 18.2 Å². The minimum Gasteiger partial charge on any atom is -0.380 e. The van der Waals surface area contributed by atoms with Crippen LogP contribution in [0.15, 0.2) is 34.8 Å². The summed E-state index contributed by atoms with van der Waals surface area (Å²) < 4.78 is 39.5. The summed E-state index contributed by atoms with van der Waals surface area (Å²) in [4.78, 5) is 10.1. The van der Waals surface area contributed by atoms with Crippen LogP contribution in [0.1, 0.15) is 5.56 Å². The lowest BCUT2D eigenvalue weighted by Crippen LogP contribution is -2.03. The number of hydrogen-bond acceptors (Lipinski definition) is 3. The summed E-state index contributed by atoms with van der Waals surface area (Å²) in [6.07, 6.45) is 0. The highest BCUT2D eigenvalue weighted by molar-refractivity contribution is 9.10. The molecule has 2 aromatic rings. The van der Waals surface area contributed by atoms with E-state index in [2.05, 4.69) is 21.2 Å². The number of anilines is 1. The molecule has 0 saturated heterocycles. The van der Waals surface area contributed by atoms with E-state index in [9.17, 15) is 23.3 Å². The summed E-state index contributed by atoms with van der Waals surface area (Å²) in [7, 11) is 0. The van der Waals surface area contributed by atoms with Gasteiger partial charge in [0.15, 0.2) is 17.5 Å². The van der Waals surface area contributed by atoms with Crippen LogP contribution in [0.25, 0.3) is 0 Å². The molecule has 0 spiro atoms. The van der Waals surface area contributed by atoms with E-state index < -0.39 is 22.4 Å². The van der Waals surface area contributed by atoms with Gasteiger partial charge in [0.05, 0.1) is 10.6 Å². The molecule has 1 N–H and O–H groups in total. The second kappa shape index (κ2) is 6.13. The molecule has 0 heterocycles. The van der Waals surface area contributed by atoms with Crippen LogP contribution in [0.4, 0.5) is 24.5 Å². The molecule has 0 radical (unpaired) electrons. The number of nitrogens with one attached hydrogen (secondary N) is 1. The van der Waals surface area contributed by atoms with Crippen molar-refractivity contribution >= 4 is 27.3 Å². The van der Waals surface area contributed by atoms with Crippen molar-refractivity contribution in [2.45, 2.75) is 6.54 Å². The van der Waals surface area contributed by atoms with Gasteiger partial charge in [0.2, 0.25) is 0 Å². The number of benzene rings is 2. The van der Waals surface area contributed by atoms with Gasteiger partial charge in [-0.3, -0.25) is 10.1 Å². The number of halogens is 4. The summed E-state index contributed by atoms with van der Waals surface area (Å²) in [6, 6.07) is 5.78. The fourth-order valence-corrected chi connectivity index (χ4v) is 2.06. The van der Waals surface area contributed by atoms with Crippen LogP contribution < -0.4 is 5.32 Å². The van der Waals surface area contributed by atoms with Gasteiger partial charge in [0.1, 0.15) is 0 Å². The Labute approximate surface area is 125 Å². The van der Waals surface area contributed by atoms with Gasteiger partial charge in [-0.2, -0.15) is 0 Å².